The summed E-state index contributed by atoms with van der Waals surface area (Å²) in [5.74, 6) is 0. The van der Waals surface area contributed by atoms with E-state index in [0.29, 0.717) is 12.6 Å². The molecular formula is C20H26N3+. The van der Waals surface area contributed by atoms with Gasteiger partial charge in [0.05, 0.1) is 18.8 Å². The van der Waals surface area contributed by atoms with E-state index in [2.05, 4.69) is 49.6 Å². The summed E-state index contributed by atoms with van der Waals surface area (Å²) < 4.78 is 2.56. The highest BCUT2D eigenvalue weighted by Gasteiger charge is 2.37. The first-order chi connectivity index (χ1) is 11.0. The molecule has 1 aromatic carbocycles. The predicted octanol–water partition coefficient (Wildman–Crippen LogP) is 2.74. The van der Waals surface area contributed by atoms with Crippen molar-refractivity contribution in [2.24, 2.45) is 0 Å². The normalized spacial score (nSPS) is 23.6. The molecule has 1 N–H and O–H groups in total. The quantitative estimate of drug-likeness (QED) is 0.807. The maximum absolute atomic E-state index is 9.16. The molecule has 4 rings (SSSR count). The summed E-state index contributed by atoms with van der Waals surface area (Å²) in [4.78, 5) is 1.47. The van der Waals surface area contributed by atoms with Crippen LogP contribution in [0.15, 0.2) is 18.2 Å². The Morgan fingerprint density at radius 3 is 2.91 bits per heavy atom. The Hall–Kier alpha value is -1.79. The Bertz CT molecular complexity index is 801. The molecule has 0 fully saturated rings. The van der Waals surface area contributed by atoms with Gasteiger partial charge in [-0.25, -0.2) is 0 Å². The monoisotopic (exact) mass is 308 g/mol. The van der Waals surface area contributed by atoms with Crippen LogP contribution >= 0.6 is 0 Å². The van der Waals surface area contributed by atoms with Crippen molar-refractivity contribution in [1.29, 1.82) is 5.26 Å². The second kappa shape index (κ2) is 5.11. The third-order valence-electron chi connectivity index (χ3n) is 5.78. The molecule has 1 unspecified atom stereocenters. The molecule has 0 saturated heterocycles. The van der Waals surface area contributed by atoms with Gasteiger partial charge in [-0.3, -0.25) is 0 Å². The second-order valence-corrected chi connectivity index (χ2v) is 8.19. The molecule has 3 heteroatoms. The van der Waals surface area contributed by atoms with Gasteiger partial charge in [0.15, 0.2) is 6.54 Å². The van der Waals surface area contributed by atoms with E-state index >= 15 is 0 Å². The van der Waals surface area contributed by atoms with Gasteiger partial charge in [-0.15, -0.1) is 0 Å². The fourth-order valence-corrected chi connectivity index (χ4v) is 4.57. The van der Waals surface area contributed by atoms with E-state index in [1.54, 1.807) is 5.56 Å². The number of nitrogens with zero attached hydrogens (tertiary/aromatic N) is 2. The third-order valence-corrected chi connectivity index (χ3v) is 5.78. The first-order valence-electron chi connectivity index (χ1n) is 8.87. The molecular weight excluding hydrogens is 282 g/mol. The zero-order valence-electron chi connectivity index (χ0n) is 14.4. The minimum absolute atomic E-state index is 0.190. The lowest BCUT2D eigenvalue weighted by molar-refractivity contribution is -0.930. The van der Waals surface area contributed by atoms with Crippen LogP contribution in [-0.2, 0) is 18.4 Å². The number of aryl methyl sites for hydroxylation is 1. The molecule has 2 aromatic rings. The molecule has 0 radical (unpaired) electrons. The summed E-state index contributed by atoms with van der Waals surface area (Å²) in [6, 6.07) is 9.99. The summed E-state index contributed by atoms with van der Waals surface area (Å²) in [6.07, 6.45) is 3.68. The van der Waals surface area contributed by atoms with Gasteiger partial charge in [-0.2, -0.15) is 5.26 Å². The molecule has 2 aliphatic rings. The van der Waals surface area contributed by atoms with Crippen LogP contribution in [0.25, 0.3) is 10.9 Å². The first-order valence-corrected chi connectivity index (χ1v) is 8.87. The van der Waals surface area contributed by atoms with Gasteiger partial charge in [-0.05, 0) is 41.5 Å². The Labute approximate surface area is 138 Å². The Morgan fingerprint density at radius 2 is 2.17 bits per heavy atom. The van der Waals surface area contributed by atoms with Crippen molar-refractivity contribution in [3.8, 4) is 6.07 Å². The Morgan fingerprint density at radius 1 is 1.35 bits per heavy atom. The number of nitriles is 1. The molecule has 2 atom stereocenters. The van der Waals surface area contributed by atoms with E-state index in [0.717, 1.165) is 13.1 Å². The van der Waals surface area contributed by atoms with Gasteiger partial charge in [0.2, 0.25) is 0 Å². The highest BCUT2D eigenvalue weighted by Crippen LogP contribution is 2.39. The number of hydrogen-bond donors (Lipinski definition) is 1. The summed E-state index contributed by atoms with van der Waals surface area (Å²) in [7, 11) is 0. The third kappa shape index (κ3) is 2.20. The molecule has 120 valence electrons. The summed E-state index contributed by atoms with van der Waals surface area (Å²) >= 11 is 0. The van der Waals surface area contributed by atoms with Crippen LogP contribution in [0.3, 0.4) is 0 Å². The topological polar surface area (TPSA) is 33.2 Å². The lowest BCUT2D eigenvalue weighted by Gasteiger charge is -2.35. The van der Waals surface area contributed by atoms with E-state index < -0.39 is 0 Å². The number of hydrogen-bond acceptors (Lipinski definition) is 1. The lowest BCUT2D eigenvalue weighted by Crippen LogP contribution is -3.13. The van der Waals surface area contributed by atoms with Gasteiger partial charge in [0.25, 0.3) is 0 Å². The van der Waals surface area contributed by atoms with Crippen molar-refractivity contribution in [2.75, 3.05) is 13.1 Å². The fraction of sp³-hybridized carbons (Fsp3) is 0.550. The first kappa shape index (κ1) is 14.8. The van der Waals surface area contributed by atoms with Crippen molar-refractivity contribution >= 4 is 10.9 Å². The average Bonchev–Trinajstić information content (AvgIpc) is 2.85. The summed E-state index contributed by atoms with van der Waals surface area (Å²) in [5.41, 5.74) is 6.12. The Kier molecular flexibility index (Phi) is 3.28. The zero-order valence-corrected chi connectivity index (χ0v) is 14.4. The van der Waals surface area contributed by atoms with E-state index in [9.17, 15) is 0 Å². The molecule has 0 amide bonds. The molecule has 1 aliphatic carbocycles. The van der Waals surface area contributed by atoms with Crippen molar-refractivity contribution in [2.45, 2.75) is 58.0 Å². The number of benzene rings is 1. The number of quaternary nitrogens is 1. The predicted molar refractivity (Wildman–Crippen MR) is 92.6 cm³/mol. The Balaban J connectivity index is 1.92. The lowest BCUT2D eigenvalue weighted by atomic mass is 9.85. The highest BCUT2D eigenvalue weighted by atomic mass is 15.2. The minimum atomic E-state index is 0.190. The van der Waals surface area contributed by atoms with E-state index in [4.69, 9.17) is 5.26 Å². The number of nitrogens with one attached hydrogen (secondary N) is 1. The van der Waals surface area contributed by atoms with Gasteiger partial charge in [-0.1, -0.05) is 26.8 Å². The molecule has 0 saturated carbocycles. The van der Waals surface area contributed by atoms with Crippen molar-refractivity contribution < 1.29 is 4.90 Å². The zero-order chi connectivity index (χ0) is 16.2. The van der Waals surface area contributed by atoms with Crippen molar-refractivity contribution in [3.63, 3.8) is 0 Å². The smallest absolute Gasteiger partial charge is 0.165 e. The van der Waals surface area contributed by atoms with Crippen LogP contribution in [0.5, 0.6) is 0 Å². The van der Waals surface area contributed by atoms with Gasteiger partial charge in [0, 0.05) is 17.3 Å². The van der Waals surface area contributed by atoms with Crippen LogP contribution in [0, 0.1) is 11.3 Å². The van der Waals surface area contributed by atoms with E-state index in [1.165, 1.54) is 46.3 Å². The average molecular weight is 308 g/mol. The minimum Gasteiger partial charge on any atom is -0.334 e. The standard InChI is InChI=1S/C20H25N3/c1-20(2,3)14-7-8-17-16(13-14)15-5-4-6-18-19(15)23(17)12-11-22(18)10-9-21/h7-8,13,18H,4-6,10-12H2,1-3H3/p+1/t18-/m0/s1. The van der Waals surface area contributed by atoms with Crippen LogP contribution < -0.4 is 4.90 Å². The molecule has 23 heavy (non-hydrogen) atoms. The van der Waals surface area contributed by atoms with Crippen molar-refractivity contribution in [3.05, 3.63) is 35.0 Å². The maximum Gasteiger partial charge on any atom is 0.165 e. The molecule has 1 aromatic heterocycles. The largest absolute Gasteiger partial charge is 0.334 e. The van der Waals surface area contributed by atoms with Gasteiger partial charge in [0.1, 0.15) is 12.1 Å². The SMILES string of the molecule is CC(C)(C)c1ccc2c(c1)c1c3n2CC[NH+](CC#N)[C@H]3CCC1. The molecule has 3 nitrogen and oxygen atoms in total. The van der Waals surface area contributed by atoms with Crippen LogP contribution in [0.2, 0.25) is 0 Å². The second-order valence-electron chi connectivity index (χ2n) is 8.19. The highest BCUT2D eigenvalue weighted by molar-refractivity contribution is 5.87. The van der Waals surface area contributed by atoms with Crippen molar-refractivity contribution in [1.82, 2.24) is 4.57 Å². The molecule has 1 aliphatic heterocycles. The molecule has 0 spiro atoms. The van der Waals surface area contributed by atoms with E-state index in [1.807, 2.05) is 0 Å². The van der Waals surface area contributed by atoms with Gasteiger partial charge >= 0.3 is 0 Å². The van der Waals surface area contributed by atoms with E-state index in [-0.39, 0.29) is 5.41 Å². The molecule has 0 bridgehead atoms. The summed E-state index contributed by atoms with van der Waals surface area (Å²) in [6.45, 7) is 9.63. The number of rotatable bonds is 1. The number of aromatic nitrogens is 1. The van der Waals surface area contributed by atoms with Crippen LogP contribution in [0.4, 0.5) is 0 Å². The molecule has 2 heterocycles. The van der Waals surface area contributed by atoms with Gasteiger partial charge < -0.3 is 9.47 Å². The van der Waals surface area contributed by atoms with Crippen LogP contribution in [0.1, 0.15) is 56.5 Å². The van der Waals surface area contributed by atoms with Crippen LogP contribution in [-0.4, -0.2) is 17.7 Å². The number of fused-ring (bicyclic) bond motifs is 3. The maximum atomic E-state index is 9.16. The fourth-order valence-electron chi connectivity index (χ4n) is 4.57. The summed E-state index contributed by atoms with van der Waals surface area (Å²) in [5, 5.41) is 10.6.